The molecule has 0 aromatic heterocycles. The molecule has 0 atom stereocenters. The van der Waals surface area contributed by atoms with Gasteiger partial charge in [0.25, 0.3) is 0 Å². The first-order valence-electron chi connectivity index (χ1n) is 13.5. The molecule has 12 nitrogen and oxygen atoms in total. The van der Waals surface area contributed by atoms with Crippen molar-refractivity contribution >= 4 is 30.4 Å². The van der Waals surface area contributed by atoms with Crippen LogP contribution in [0.5, 0.6) is 0 Å². The SMILES string of the molecule is CO.COC(=O)CCCCCCCCCCC(=O)NC(COCCC=O)(COCCC=O)COCCC(=O)O. The summed E-state index contributed by atoms with van der Waals surface area (Å²) in [5, 5.41) is 18.8. The van der Waals surface area contributed by atoms with E-state index in [2.05, 4.69) is 10.1 Å². The Morgan fingerprint density at radius 2 is 1.13 bits per heavy atom. The third kappa shape index (κ3) is 25.6. The Morgan fingerprint density at radius 1 is 0.692 bits per heavy atom. The van der Waals surface area contributed by atoms with Crippen LogP contribution in [-0.4, -0.2) is 100 Å². The van der Waals surface area contributed by atoms with E-state index in [1.165, 1.54) is 7.11 Å². The molecule has 0 aliphatic heterocycles. The first-order chi connectivity index (χ1) is 18.9. The Hall–Kier alpha value is -2.41. The molecular weight excluding hydrogens is 514 g/mol. The second-order valence-corrected chi connectivity index (χ2v) is 8.95. The number of rotatable bonds is 27. The zero-order chi connectivity index (χ0) is 29.6. The highest BCUT2D eigenvalue weighted by Gasteiger charge is 2.33. The summed E-state index contributed by atoms with van der Waals surface area (Å²) < 4.78 is 21.3. The lowest BCUT2D eigenvalue weighted by atomic mass is 10.0. The van der Waals surface area contributed by atoms with Crippen molar-refractivity contribution in [3.05, 3.63) is 0 Å². The molecule has 228 valence electrons. The number of hydrogen-bond acceptors (Lipinski definition) is 10. The molecule has 0 heterocycles. The normalized spacial score (nSPS) is 10.7. The molecule has 0 unspecified atom stereocenters. The van der Waals surface area contributed by atoms with Crippen LogP contribution in [0.3, 0.4) is 0 Å². The standard InChI is InChI=1S/C26H45NO10.CH4O/c1-34-25(33)13-9-7-5-3-2-4-6-8-12-23(30)27-26(20-35-17-10-15-28,21-36-18-11-16-29)22-37-19-14-24(31)32;1-2/h15-16H,2-14,17-22H2,1H3,(H,27,30)(H,31,32);2H,1H3. The van der Waals surface area contributed by atoms with Gasteiger partial charge in [0.05, 0.1) is 53.2 Å². The average molecular weight is 564 g/mol. The fourth-order valence-electron chi connectivity index (χ4n) is 3.53. The molecule has 0 radical (unpaired) electrons. The molecule has 39 heavy (non-hydrogen) atoms. The van der Waals surface area contributed by atoms with Crippen LogP contribution in [-0.2, 0) is 42.9 Å². The molecule has 0 aromatic rings. The Kier molecular flexibility index (Phi) is 28.4. The van der Waals surface area contributed by atoms with Gasteiger partial charge in [-0.15, -0.1) is 0 Å². The Labute approximate surface area is 232 Å². The van der Waals surface area contributed by atoms with Gasteiger partial charge in [0.15, 0.2) is 0 Å². The summed E-state index contributed by atoms with van der Waals surface area (Å²) in [6.45, 7) is 0.260. The lowest BCUT2D eigenvalue weighted by Gasteiger charge is -2.34. The average Bonchev–Trinajstić information content (AvgIpc) is 2.93. The van der Waals surface area contributed by atoms with E-state index in [1.807, 2.05) is 0 Å². The molecule has 0 saturated heterocycles. The van der Waals surface area contributed by atoms with Crippen molar-refractivity contribution in [3.8, 4) is 0 Å². The number of esters is 1. The van der Waals surface area contributed by atoms with Gasteiger partial charge < -0.3 is 44.1 Å². The molecule has 0 spiro atoms. The first-order valence-corrected chi connectivity index (χ1v) is 13.5. The number of amides is 1. The van der Waals surface area contributed by atoms with E-state index < -0.39 is 11.5 Å². The van der Waals surface area contributed by atoms with Crippen LogP contribution in [0.25, 0.3) is 0 Å². The van der Waals surface area contributed by atoms with E-state index in [0.29, 0.717) is 19.3 Å². The highest BCUT2D eigenvalue weighted by molar-refractivity contribution is 5.76. The van der Waals surface area contributed by atoms with Gasteiger partial charge in [0.1, 0.15) is 18.1 Å². The second-order valence-electron chi connectivity index (χ2n) is 8.95. The number of unbranched alkanes of at least 4 members (excludes halogenated alkanes) is 7. The van der Waals surface area contributed by atoms with E-state index in [0.717, 1.165) is 64.6 Å². The number of methoxy groups -OCH3 is 1. The van der Waals surface area contributed by atoms with E-state index in [-0.39, 0.29) is 70.8 Å². The summed E-state index contributed by atoms with van der Waals surface area (Å²) in [5.41, 5.74) is -1.08. The summed E-state index contributed by atoms with van der Waals surface area (Å²) in [4.78, 5) is 55.9. The van der Waals surface area contributed by atoms with Gasteiger partial charge in [-0.2, -0.15) is 0 Å². The quantitative estimate of drug-likeness (QED) is 0.0759. The maximum Gasteiger partial charge on any atom is 0.305 e. The van der Waals surface area contributed by atoms with Crippen LogP contribution in [0.1, 0.15) is 83.5 Å². The maximum absolute atomic E-state index is 12.7. The summed E-state index contributed by atoms with van der Waals surface area (Å²) in [5.74, 6) is -1.38. The van der Waals surface area contributed by atoms with Gasteiger partial charge in [0, 0.05) is 32.8 Å². The number of carboxylic acids is 1. The largest absolute Gasteiger partial charge is 0.481 e. The third-order valence-corrected chi connectivity index (χ3v) is 5.52. The Bertz CT molecular complexity index is 627. The number of hydrogen-bond donors (Lipinski definition) is 3. The smallest absolute Gasteiger partial charge is 0.305 e. The number of aliphatic hydroxyl groups excluding tert-OH is 1. The number of aliphatic carboxylic acids is 1. The molecule has 3 N–H and O–H groups in total. The minimum absolute atomic E-state index is 0.0106. The zero-order valence-corrected chi connectivity index (χ0v) is 23.7. The van der Waals surface area contributed by atoms with E-state index in [1.54, 1.807) is 0 Å². The molecule has 0 bridgehead atoms. The summed E-state index contributed by atoms with van der Waals surface area (Å²) in [7, 11) is 2.40. The molecule has 1 amide bonds. The van der Waals surface area contributed by atoms with E-state index in [4.69, 9.17) is 24.4 Å². The predicted octanol–water partition coefficient (Wildman–Crippen LogP) is 2.23. The van der Waals surface area contributed by atoms with Crippen molar-refractivity contribution in [3.63, 3.8) is 0 Å². The number of nitrogens with one attached hydrogen (secondary N) is 1. The molecule has 0 fully saturated rings. The van der Waals surface area contributed by atoms with Crippen molar-refractivity contribution in [2.75, 3.05) is 53.9 Å². The number of carbonyl (C=O) groups excluding carboxylic acids is 4. The van der Waals surface area contributed by atoms with Gasteiger partial charge in [-0.25, -0.2) is 0 Å². The van der Waals surface area contributed by atoms with Crippen LogP contribution >= 0.6 is 0 Å². The third-order valence-electron chi connectivity index (χ3n) is 5.52. The topological polar surface area (TPSA) is 175 Å². The highest BCUT2D eigenvalue weighted by Crippen LogP contribution is 2.13. The number of aliphatic hydroxyl groups is 1. The highest BCUT2D eigenvalue weighted by atomic mass is 16.5. The van der Waals surface area contributed by atoms with Crippen LogP contribution in [0.15, 0.2) is 0 Å². The second kappa shape index (κ2) is 28.6. The molecule has 0 rings (SSSR count). The number of ether oxygens (including phenoxy) is 4. The number of carbonyl (C=O) groups is 5. The predicted molar refractivity (Wildman–Crippen MR) is 143 cm³/mol. The maximum atomic E-state index is 12.7. The lowest BCUT2D eigenvalue weighted by molar-refractivity contribution is -0.141. The van der Waals surface area contributed by atoms with E-state index >= 15 is 0 Å². The van der Waals surface area contributed by atoms with Gasteiger partial charge in [0.2, 0.25) is 5.91 Å². The van der Waals surface area contributed by atoms with Crippen molar-refractivity contribution < 1.29 is 53.1 Å². The van der Waals surface area contributed by atoms with Crippen LogP contribution in [0.2, 0.25) is 0 Å². The molecule has 12 heteroatoms. The van der Waals surface area contributed by atoms with Crippen molar-refractivity contribution in [2.24, 2.45) is 0 Å². The Balaban J connectivity index is 0. The summed E-state index contributed by atoms with van der Waals surface area (Å²) >= 11 is 0. The lowest BCUT2D eigenvalue weighted by Crippen LogP contribution is -2.58. The summed E-state index contributed by atoms with van der Waals surface area (Å²) in [6, 6.07) is 0. The molecule has 0 aromatic carbocycles. The van der Waals surface area contributed by atoms with E-state index in [9.17, 15) is 24.0 Å². The van der Waals surface area contributed by atoms with Crippen LogP contribution in [0, 0.1) is 0 Å². The number of aldehydes is 2. The van der Waals surface area contributed by atoms with Gasteiger partial charge >= 0.3 is 11.9 Å². The van der Waals surface area contributed by atoms with Crippen LogP contribution in [0.4, 0.5) is 0 Å². The fraction of sp³-hybridized carbons (Fsp3) is 0.815. The van der Waals surface area contributed by atoms with Crippen molar-refractivity contribution in [1.82, 2.24) is 5.32 Å². The monoisotopic (exact) mass is 563 g/mol. The van der Waals surface area contributed by atoms with Gasteiger partial charge in [-0.1, -0.05) is 38.5 Å². The minimum atomic E-state index is -1.08. The Morgan fingerprint density at radius 3 is 1.56 bits per heavy atom. The minimum Gasteiger partial charge on any atom is -0.481 e. The van der Waals surface area contributed by atoms with Crippen LogP contribution < -0.4 is 5.32 Å². The summed E-state index contributed by atoms with van der Waals surface area (Å²) in [6.07, 6.45) is 10.1. The molecule has 0 saturated carbocycles. The van der Waals surface area contributed by atoms with Crippen molar-refractivity contribution in [1.29, 1.82) is 0 Å². The van der Waals surface area contributed by atoms with Gasteiger partial charge in [-0.3, -0.25) is 14.4 Å². The fourth-order valence-corrected chi connectivity index (χ4v) is 3.53. The van der Waals surface area contributed by atoms with Gasteiger partial charge in [-0.05, 0) is 12.8 Å². The molecule has 0 aliphatic rings. The molecular formula is C27H49NO11. The van der Waals surface area contributed by atoms with Crippen molar-refractivity contribution in [2.45, 2.75) is 89.0 Å². The number of carboxylic acid groups (broad SMARTS) is 1. The molecule has 0 aliphatic carbocycles. The zero-order valence-electron chi connectivity index (χ0n) is 23.7. The first kappa shape index (κ1) is 38.7.